The average molecular weight is 294 g/mol. The molecule has 2 aliphatic rings. The molecule has 2 fully saturated rings. The van der Waals surface area contributed by atoms with Crippen molar-refractivity contribution in [2.24, 2.45) is 17.8 Å². The predicted molar refractivity (Wildman–Crippen MR) is 79.6 cm³/mol. The lowest BCUT2D eigenvalue weighted by atomic mass is 9.88. The number of halogens is 1. The van der Waals surface area contributed by atoms with E-state index in [4.69, 9.17) is 17.3 Å². The topological polar surface area (TPSA) is 59.2 Å². The summed E-state index contributed by atoms with van der Waals surface area (Å²) in [4.78, 5) is 18.1. The lowest BCUT2D eigenvalue weighted by Gasteiger charge is -2.27. The fourth-order valence-electron chi connectivity index (χ4n) is 3.87. The Morgan fingerprint density at radius 1 is 1.50 bits per heavy atom. The van der Waals surface area contributed by atoms with Gasteiger partial charge < -0.3 is 10.6 Å². The number of pyridine rings is 1. The summed E-state index contributed by atoms with van der Waals surface area (Å²) in [5, 5.41) is 0.302. The van der Waals surface area contributed by atoms with Gasteiger partial charge in [0.05, 0.1) is 17.4 Å². The number of aromatic nitrogens is 1. The average Bonchev–Trinajstić information content (AvgIpc) is 3.03. The molecule has 2 N–H and O–H groups in total. The second kappa shape index (κ2) is 5.24. The van der Waals surface area contributed by atoms with Crippen molar-refractivity contribution in [3.05, 3.63) is 23.0 Å². The van der Waals surface area contributed by atoms with Gasteiger partial charge in [-0.1, -0.05) is 18.0 Å². The summed E-state index contributed by atoms with van der Waals surface area (Å²) in [6, 6.07) is 1.55. The minimum atomic E-state index is -0.0606. The van der Waals surface area contributed by atoms with E-state index >= 15 is 0 Å². The Morgan fingerprint density at radius 2 is 2.30 bits per heavy atom. The summed E-state index contributed by atoms with van der Waals surface area (Å²) in [5.41, 5.74) is 6.67. The van der Waals surface area contributed by atoms with E-state index < -0.39 is 0 Å². The van der Waals surface area contributed by atoms with E-state index in [0.717, 1.165) is 18.4 Å². The molecule has 3 rings (SSSR count). The number of hydrogen-bond acceptors (Lipinski definition) is 3. The number of anilines is 1. The zero-order chi connectivity index (χ0) is 14.3. The molecule has 0 radical (unpaired) electrons. The van der Waals surface area contributed by atoms with Gasteiger partial charge in [-0.2, -0.15) is 0 Å². The fraction of sp³-hybridized carbons (Fsp3) is 0.600. The van der Waals surface area contributed by atoms with E-state index in [2.05, 4.69) is 4.98 Å². The molecule has 2 bridgehead atoms. The van der Waals surface area contributed by atoms with Crippen molar-refractivity contribution in [2.45, 2.75) is 25.7 Å². The maximum absolute atomic E-state index is 12.5. The van der Waals surface area contributed by atoms with E-state index in [1.54, 1.807) is 11.0 Å². The molecular formula is C15H20ClN3O. The Hall–Kier alpha value is -1.29. The molecule has 0 aromatic carbocycles. The van der Waals surface area contributed by atoms with Crippen LogP contribution in [0.4, 0.5) is 5.69 Å². The SMILES string of the molecule is CN(CC1CC2CCC1C2)C(=O)c1cc(Cl)ncc1N. The smallest absolute Gasteiger partial charge is 0.255 e. The summed E-state index contributed by atoms with van der Waals surface area (Å²) in [5.74, 6) is 2.30. The summed E-state index contributed by atoms with van der Waals surface area (Å²) >= 11 is 5.85. The van der Waals surface area contributed by atoms with Crippen LogP contribution >= 0.6 is 11.6 Å². The molecular weight excluding hydrogens is 274 g/mol. The molecule has 2 aliphatic carbocycles. The highest BCUT2D eigenvalue weighted by Crippen LogP contribution is 2.48. The van der Waals surface area contributed by atoms with Crippen molar-refractivity contribution in [3.63, 3.8) is 0 Å². The van der Waals surface area contributed by atoms with Crippen LogP contribution in [-0.2, 0) is 0 Å². The number of nitrogens with two attached hydrogens (primary N) is 1. The van der Waals surface area contributed by atoms with Crippen LogP contribution in [0, 0.1) is 17.8 Å². The van der Waals surface area contributed by atoms with E-state index in [1.807, 2.05) is 7.05 Å². The predicted octanol–water partition coefficient (Wildman–Crippen LogP) is 2.83. The van der Waals surface area contributed by atoms with Crippen LogP contribution in [-0.4, -0.2) is 29.4 Å². The second-order valence-corrected chi connectivity index (χ2v) is 6.60. The maximum Gasteiger partial charge on any atom is 0.255 e. The zero-order valence-corrected chi connectivity index (χ0v) is 12.4. The van der Waals surface area contributed by atoms with Crippen LogP contribution in [0.5, 0.6) is 0 Å². The van der Waals surface area contributed by atoms with E-state index in [9.17, 15) is 4.79 Å². The number of carbonyl (C=O) groups is 1. The number of amides is 1. The number of carbonyl (C=O) groups excluding carboxylic acids is 1. The molecule has 1 amide bonds. The largest absolute Gasteiger partial charge is 0.397 e. The Bertz CT molecular complexity index is 534. The Morgan fingerprint density at radius 3 is 2.95 bits per heavy atom. The van der Waals surface area contributed by atoms with Gasteiger partial charge in [0.25, 0.3) is 5.91 Å². The van der Waals surface area contributed by atoms with Crippen LogP contribution in [0.2, 0.25) is 5.15 Å². The van der Waals surface area contributed by atoms with Gasteiger partial charge in [0.1, 0.15) is 5.15 Å². The molecule has 20 heavy (non-hydrogen) atoms. The normalized spacial score (nSPS) is 27.8. The lowest BCUT2D eigenvalue weighted by Crippen LogP contribution is -2.34. The minimum Gasteiger partial charge on any atom is -0.397 e. The third-order valence-electron chi connectivity index (χ3n) is 4.87. The number of hydrogen-bond donors (Lipinski definition) is 1. The molecule has 0 saturated heterocycles. The molecule has 108 valence electrons. The molecule has 1 aromatic heterocycles. The van der Waals surface area contributed by atoms with Crippen molar-refractivity contribution in [2.75, 3.05) is 19.3 Å². The van der Waals surface area contributed by atoms with Gasteiger partial charge >= 0.3 is 0 Å². The molecule has 4 nitrogen and oxygen atoms in total. The maximum atomic E-state index is 12.5. The van der Waals surface area contributed by atoms with Crippen molar-refractivity contribution in [1.82, 2.24) is 9.88 Å². The third kappa shape index (κ3) is 2.49. The molecule has 3 atom stereocenters. The standard InChI is InChI=1S/C15H20ClN3O/c1-19(8-11-5-9-2-3-10(11)4-9)15(20)12-6-14(16)18-7-13(12)17/h6-7,9-11H,2-5,8,17H2,1H3. The van der Waals surface area contributed by atoms with Crippen molar-refractivity contribution >= 4 is 23.2 Å². The van der Waals surface area contributed by atoms with Crippen LogP contribution in [0.3, 0.4) is 0 Å². The lowest BCUT2D eigenvalue weighted by molar-refractivity contribution is 0.0755. The summed E-state index contributed by atoms with van der Waals surface area (Å²) in [6.07, 6.45) is 6.79. The number of nitrogen functional groups attached to an aromatic ring is 1. The zero-order valence-electron chi connectivity index (χ0n) is 11.7. The first-order valence-corrected chi connectivity index (χ1v) is 7.59. The quantitative estimate of drug-likeness (QED) is 0.872. The van der Waals surface area contributed by atoms with Gasteiger partial charge in [-0.15, -0.1) is 0 Å². The Labute approximate surface area is 124 Å². The summed E-state index contributed by atoms with van der Waals surface area (Å²) in [7, 11) is 1.85. The highest BCUT2D eigenvalue weighted by atomic mass is 35.5. The van der Waals surface area contributed by atoms with Crippen LogP contribution in [0.15, 0.2) is 12.3 Å². The van der Waals surface area contributed by atoms with E-state index in [-0.39, 0.29) is 5.91 Å². The molecule has 5 heteroatoms. The van der Waals surface area contributed by atoms with Crippen molar-refractivity contribution in [1.29, 1.82) is 0 Å². The number of nitrogens with zero attached hydrogens (tertiary/aromatic N) is 2. The summed E-state index contributed by atoms with van der Waals surface area (Å²) < 4.78 is 0. The first-order valence-electron chi connectivity index (χ1n) is 7.21. The molecule has 0 aliphatic heterocycles. The fourth-order valence-corrected chi connectivity index (χ4v) is 4.02. The van der Waals surface area contributed by atoms with Gasteiger partial charge in [0.2, 0.25) is 0 Å². The van der Waals surface area contributed by atoms with E-state index in [0.29, 0.717) is 22.3 Å². The van der Waals surface area contributed by atoms with Crippen LogP contribution in [0.25, 0.3) is 0 Å². The second-order valence-electron chi connectivity index (χ2n) is 6.21. The van der Waals surface area contributed by atoms with Crippen LogP contribution in [0.1, 0.15) is 36.0 Å². The summed E-state index contributed by atoms with van der Waals surface area (Å²) in [6.45, 7) is 0.819. The van der Waals surface area contributed by atoms with Gasteiger partial charge in [-0.05, 0) is 43.1 Å². The number of fused-ring (bicyclic) bond motifs is 2. The van der Waals surface area contributed by atoms with Gasteiger partial charge in [0.15, 0.2) is 0 Å². The Balaban J connectivity index is 1.69. The molecule has 3 unspecified atom stereocenters. The van der Waals surface area contributed by atoms with E-state index in [1.165, 1.54) is 31.9 Å². The van der Waals surface area contributed by atoms with Gasteiger partial charge in [0, 0.05) is 13.6 Å². The molecule has 1 aromatic rings. The van der Waals surface area contributed by atoms with Gasteiger partial charge in [-0.3, -0.25) is 4.79 Å². The molecule has 2 saturated carbocycles. The van der Waals surface area contributed by atoms with Gasteiger partial charge in [-0.25, -0.2) is 4.98 Å². The molecule has 0 spiro atoms. The molecule has 1 heterocycles. The van der Waals surface area contributed by atoms with Crippen molar-refractivity contribution < 1.29 is 4.79 Å². The first kappa shape index (κ1) is 13.7. The number of rotatable bonds is 3. The minimum absolute atomic E-state index is 0.0606. The van der Waals surface area contributed by atoms with Crippen molar-refractivity contribution in [3.8, 4) is 0 Å². The highest BCUT2D eigenvalue weighted by Gasteiger charge is 2.40. The van der Waals surface area contributed by atoms with Crippen LogP contribution < -0.4 is 5.73 Å². The highest BCUT2D eigenvalue weighted by molar-refractivity contribution is 6.29. The monoisotopic (exact) mass is 293 g/mol. The Kier molecular flexibility index (Phi) is 3.59. The first-order chi connectivity index (χ1) is 9.54. The third-order valence-corrected chi connectivity index (χ3v) is 5.08.